The van der Waals surface area contributed by atoms with Crippen LogP contribution in [0.1, 0.15) is 6.42 Å². The summed E-state index contributed by atoms with van der Waals surface area (Å²) >= 11 is 0. The lowest BCUT2D eigenvalue weighted by atomic mass is 10.2. The molecule has 0 aromatic heterocycles. The number of hydrogen-bond donors (Lipinski definition) is 1. The lowest BCUT2D eigenvalue weighted by Crippen LogP contribution is -2.27. The Hall–Kier alpha value is -1.53. The second-order valence-electron chi connectivity index (χ2n) is 2.95. The van der Waals surface area contributed by atoms with Crippen LogP contribution < -0.4 is 4.90 Å². The van der Waals surface area contributed by atoms with Crippen molar-refractivity contribution in [2.24, 2.45) is 0 Å². The summed E-state index contributed by atoms with van der Waals surface area (Å²) in [5.74, 6) is 0. The molecule has 1 aromatic rings. The summed E-state index contributed by atoms with van der Waals surface area (Å²) in [4.78, 5) is 2.00. The number of anilines is 1. The van der Waals surface area contributed by atoms with Crippen molar-refractivity contribution in [3.63, 3.8) is 0 Å². The first-order valence-electron chi connectivity index (χ1n) is 4.66. The molecule has 0 aliphatic rings. The van der Waals surface area contributed by atoms with Crippen LogP contribution in [-0.2, 0) is 0 Å². The summed E-state index contributed by atoms with van der Waals surface area (Å²) in [6, 6.07) is 11.9. The van der Waals surface area contributed by atoms with Gasteiger partial charge in [-0.3, -0.25) is 0 Å². The van der Waals surface area contributed by atoms with Gasteiger partial charge in [0.25, 0.3) is 0 Å². The average Bonchev–Trinajstić information content (AvgIpc) is 2.25. The topological polar surface area (TPSA) is 47.3 Å². The van der Waals surface area contributed by atoms with E-state index < -0.39 is 0 Å². The van der Waals surface area contributed by atoms with Crippen LogP contribution >= 0.6 is 0 Å². The molecule has 0 spiro atoms. The van der Waals surface area contributed by atoms with Gasteiger partial charge in [0.15, 0.2) is 0 Å². The van der Waals surface area contributed by atoms with Gasteiger partial charge in [-0.15, -0.1) is 0 Å². The van der Waals surface area contributed by atoms with Crippen LogP contribution in [0.25, 0.3) is 0 Å². The number of aliphatic hydroxyl groups excluding tert-OH is 1. The first-order valence-corrected chi connectivity index (χ1v) is 4.66. The molecule has 0 aliphatic carbocycles. The van der Waals surface area contributed by atoms with Gasteiger partial charge in [-0.25, -0.2) is 0 Å². The number of aliphatic hydroxyl groups is 1. The molecule has 14 heavy (non-hydrogen) atoms. The van der Waals surface area contributed by atoms with Crippen molar-refractivity contribution in [3.8, 4) is 6.07 Å². The normalized spacial score (nSPS) is 9.43. The van der Waals surface area contributed by atoms with E-state index in [4.69, 9.17) is 10.4 Å². The minimum atomic E-state index is 0.111. The van der Waals surface area contributed by atoms with Crippen LogP contribution in [0.3, 0.4) is 0 Å². The Morgan fingerprint density at radius 3 is 2.50 bits per heavy atom. The number of nitrogens with zero attached hydrogens (tertiary/aromatic N) is 2. The fourth-order valence-electron chi connectivity index (χ4n) is 1.31. The smallest absolute Gasteiger partial charge is 0.0640 e. The van der Waals surface area contributed by atoms with Gasteiger partial charge >= 0.3 is 0 Å². The third kappa shape index (κ3) is 3.08. The molecular weight excluding hydrogens is 176 g/mol. The summed E-state index contributed by atoms with van der Waals surface area (Å²) in [7, 11) is 0. The Balaban J connectivity index is 2.63. The van der Waals surface area contributed by atoms with E-state index in [-0.39, 0.29) is 6.61 Å². The van der Waals surface area contributed by atoms with Crippen molar-refractivity contribution < 1.29 is 5.11 Å². The highest BCUT2D eigenvalue weighted by Crippen LogP contribution is 2.12. The molecule has 0 fully saturated rings. The second kappa shape index (κ2) is 6.01. The molecule has 0 atom stereocenters. The van der Waals surface area contributed by atoms with Crippen molar-refractivity contribution in [2.45, 2.75) is 6.42 Å². The van der Waals surface area contributed by atoms with E-state index in [9.17, 15) is 0 Å². The maximum absolute atomic E-state index is 8.87. The zero-order valence-corrected chi connectivity index (χ0v) is 8.06. The molecule has 0 radical (unpaired) electrons. The molecule has 0 unspecified atom stereocenters. The molecule has 0 heterocycles. The van der Waals surface area contributed by atoms with E-state index in [1.807, 2.05) is 35.2 Å². The van der Waals surface area contributed by atoms with E-state index in [1.54, 1.807) is 0 Å². The highest BCUT2D eigenvalue weighted by atomic mass is 16.3. The van der Waals surface area contributed by atoms with Gasteiger partial charge < -0.3 is 10.0 Å². The fraction of sp³-hybridized carbons (Fsp3) is 0.364. The minimum Gasteiger partial charge on any atom is -0.395 e. The molecule has 0 amide bonds. The number of hydrogen-bond acceptors (Lipinski definition) is 3. The van der Waals surface area contributed by atoms with Gasteiger partial charge in [0.2, 0.25) is 0 Å². The monoisotopic (exact) mass is 190 g/mol. The van der Waals surface area contributed by atoms with E-state index >= 15 is 0 Å². The van der Waals surface area contributed by atoms with Gasteiger partial charge in [0, 0.05) is 18.8 Å². The zero-order chi connectivity index (χ0) is 10.2. The fourth-order valence-corrected chi connectivity index (χ4v) is 1.31. The molecular formula is C11H14N2O. The van der Waals surface area contributed by atoms with Crippen LogP contribution in [0, 0.1) is 11.3 Å². The van der Waals surface area contributed by atoms with Crippen LogP contribution in [-0.4, -0.2) is 24.8 Å². The quantitative estimate of drug-likeness (QED) is 0.763. The van der Waals surface area contributed by atoms with Crippen LogP contribution in [0.5, 0.6) is 0 Å². The predicted molar refractivity (Wildman–Crippen MR) is 56.0 cm³/mol. The molecule has 1 rings (SSSR count). The molecule has 3 nitrogen and oxygen atoms in total. The second-order valence-corrected chi connectivity index (χ2v) is 2.95. The molecule has 1 aromatic carbocycles. The van der Waals surface area contributed by atoms with Crippen molar-refractivity contribution in [1.82, 2.24) is 0 Å². The van der Waals surface area contributed by atoms with Gasteiger partial charge in [-0.1, -0.05) is 18.2 Å². The summed E-state index contributed by atoms with van der Waals surface area (Å²) < 4.78 is 0. The maximum atomic E-state index is 8.87. The van der Waals surface area contributed by atoms with Gasteiger partial charge in [-0.05, 0) is 12.1 Å². The summed E-state index contributed by atoms with van der Waals surface area (Å²) in [5.41, 5.74) is 1.05. The van der Waals surface area contributed by atoms with Crippen molar-refractivity contribution in [3.05, 3.63) is 30.3 Å². The lowest BCUT2D eigenvalue weighted by Gasteiger charge is -2.22. The van der Waals surface area contributed by atoms with Crippen LogP contribution in [0.2, 0.25) is 0 Å². The SMILES string of the molecule is N#CCCN(CCO)c1ccccc1. The van der Waals surface area contributed by atoms with E-state index in [0.29, 0.717) is 19.5 Å². The summed E-state index contributed by atoms with van der Waals surface area (Å²) in [6.07, 6.45) is 0.481. The Labute approximate surface area is 84.2 Å². The summed E-state index contributed by atoms with van der Waals surface area (Å²) in [6.45, 7) is 1.35. The number of nitriles is 1. The maximum Gasteiger partial charge on any atom is 0.0640 e. The molecule has 74 valence electrons. The molecule has 0 saturated heterocycles. The Bertz CT molecular complexity index is 292. The molecule has 3 heteroatoms. The molecule has 0 saturated carbocycles. The Morgan fingerprint density at radius 2 is 1.93 bits per heavy atom. The molecule has 0 aliphatic heterocycles. The minimum absolute atomic E-state index is 0.111. The third-order valence-electron chi connectivity index (χ3n) is 1.98. The van der Waals surface area contributed by atoms with E-state index in [0.717, 1.165) is 5.69 Å². The zero-order valence-electron chi connectivity index (χ0n) is 8.06. The lowest BCUT2D eigenvalue weighted by molar-refractivity contribution is 0.302. The van der Waals surface area contributed by atoms with E-state index in [1.165, 1.54) is 0 Å². The molecule has 1 N–H and O–H groups in total. The number of para-hydroxylation sites is 1. The average molecular weight is 190 g/mol. The van der Waals surface area contributed by atoms with Gasteiger partial charge in [-0.2, -0.15) is 5.26 Å². The standard InChI is InChI=1S/C11H14N2O/c12-7-4-8-13(9-10-14)11-5-2-1-3-6-11/h1-3,5-6,14H,4,8-10H2. The number of rotatable bonds is 5. The van der Waals surface area contributed by atoms with Gasteiger partial charge in [0.05, 0.1) is 19.1 Å². The van der Waals surface area contributed by atoms with Crippen LogP contribution in [0.15, 0.2) is 30.3 Å². The Morgan fingerprint density at radius 1 is 1.21 bits per heavy atom. The largest absolute Gasteiger partial charge is 0.395 e. The summed E-state index contributed by atoms with van der Waals surface area (Å²) in [5, 5.41) is 17.4. The van der Waals surface area contributed by atoms with Gasteiger partial charge in [0.1, 0.15) is 0 Å². The number of benzene rings is 1. The third-order valence-corrected chi connectivity index (χ3v) is 1.98. The van der Waals surface area contributed by atoms with Crippen molar-refractivity contribution in [2.75, 3.05) is 24.6 Å². The van der Waals surface area contributed by atoms with Crippen molar-refractivity contribution in [1.29, 1.82) is 5.26 Å². The highest BCUT2D eigenvalue weighted by Gasteiger charge is 2.03. The van der Waals surface area contributed by atoms with Crippen molar-refractivity contribution >= 4 is 5.69 Å². The van der Waals surface area contributed by atoms with Crippen LogP contribution in [0.4, 0.5) is 5.69 Å². The van der Waals surface area contributed by atoms with E-state index in [2.05, 4.69) is 6.07 Å². The highest BCUT2D eigenvalue weighted by molar-refractivity contribution is 5.45. The first kappa shape index (κ1) is 10.6. The first-order chi connectivity index (χ1) is 6.88. The predicted octanol–water partition coefficient (Wildman–Crippen LogP) is 1.40. The molecule has 0 bridgehead atoms. The Kier molecular flexibility index (Phi) is 4.53.